The van der Waals surface area contributed by atoms with Crippen molar-refractivity contribution in [3.05, 3.63) is 59.0 Å². The molecule has 0 N–H and O–H groups in total. The van der Waals surface area contributed by atoms with Gasteiger partial charge in [0, 0.05) is 18.8 Å². The van der Waals surface area contributed by atoms with Crippen LogP contribution in [0.5, 0.6) is 0 Å². The van der Waals surface area contributed by atoms with Gasteiger partial charge in [-0.25, -0.2) is 4.79 Å². The average Bonchev–Trinajstić information content (AvgIpc) is 2.96. The number of rotatable bonds is 5. The van der Waals surface area contributed by atoms with Gasteiger partial charge >= 0.3 is 5.97 Å². The zero-order valence-corrected chi connectivity index (χ0v) is 13.4. The highest BCUT2D eigenvalue weighted by molar-refractivity contribution is 9.10. The molecule has 0 spiro atoms. The van der Waals surface area contributed by atoms with Crippen LogP contribution < -0.4 is 4.90 Å². The second kappa shape index (κ2) is 7.61. The molecule has 1 aromatic carbocycles. The number of anilines is 1. The first-order chi connectivity index (χ1) is 10.6. The molecule has 2 rings (SSSR count). The number of likely N-dealkylation sites (N-methyl/N-ethyl adjacent to an activating group) is 1. The number of esters is 1. The third kappa shape index (κ3) is 4.60. The van der Waals surface area contributed by atoms with E-state index >= 15 is 0 Å². The van der Waals surface area contributed by atoms with Gasteiger partial charge in [0.15, 0.2) is 11.3 Å². The molecule has 0 saturated carbocycles. The maximum Gasteiger partial charge on any atom is 0.331 e. The molecule has 0 aliphatic heterocycles. The van der Waals surface area contributed by atoms with Crippen LogP contribution in [-0.2, 0) is 14.3 Å². The summed E-state index contributed by atoms with van der Waals surface area (Å²) >= 11 is 3.16. The lowest BCUT2D eigenvalue weighted by atomic mass is 10.3. The van der Waals surface area contributed by atoms with Crippen LogP contribution >= 0.6 is 15.9 Å². The standard InChI is InChI=1S/C16H14BrNO4/c1-18(12-5-3-2-4-6-12)15(19)11-21-16(20)10-8-13-7-9-14(17)22-13/h2-10H,11H2,1H3. The van der Waals surface area contributed by atoms with Crippen LogP contribution in [0.15, 0.2) is 57.6 Å². The summed E-state index contributed by atoms with van der Waals surface area (Å²) in [4.78, 5) is 24.9. The van der Waals surface area contributed by atoms with Crippen molar-refractivity contribution in [1.29, 1.82) is 0 Å². The van der Waals surface area contributed by atoms with Gasteiger partial charge in [0.1, 0.15) is 5.76 Å². The zero-order chi connectivity index (χ0) is 15.9. The SMILES string of the molecule is CN(C(=O)COC(=O)C=Cc1ccc(Br)o1)c1ccccc1. The van der Waals surface area contributed by atoms with Gasteiger partial charge in [-0.2, -0.15) is 0 Å². The Hall–Kier alpha value is -2.34. The molecule has 6 heteroatoms. The molecule has 0 unspecified atom stereocenters. The second-order valence-electron chi connectivity index (χ2n) is 4.37. The summed E-state index contributed by atoms with van der Waals surface area (Å²) in [6.45, 7) is -0.323. The van der Waals surface area contributed by atoms with Gasteiger partial charge in [0.05, 0.1) is 0 Å². The van der Waals surface area contributed by atoms with Gasteiger partial charge in [-0.15, -0.1) is 0 Å². The van der Waals surface area contributed by atoms with E-state index in [0.29, 0.717) is 10.4 Å². The molecule has 22 heavy (non-hydrogen) atoms. The average molecular weight is 364 g/mol. The summed E-state index contributed by atoms with van der Waals surface area (Å²) in [7, 11) is 1.63. The fourth-order valence-electron chi connectivity index (χ4n) is 1.64. The highest BCUT2D eigenvalue weighted by Crippen LogP contribution is 2.15. The molecule has 1 heterocycles. The van der Waals surface area contributed by atoms with Gasteiger partial charge in [0.2, 0.25) is 0 Å². The Morgan fingerprint density at radius 1 is 1.23 bits per heavy atom. The zero-order valence-electron chi connectivity index (χ0n) is 11.9. The highest BCUT2D eigenvalue weighted by atomic mass is 79.9. The van der Waals surface area contributed by atoms with E-state index in [1.807, 2.05) is 18.2 Å². The van der Waals surface area contributed by atoms with E-state index < -0.39 is 5.97 Å². The number of halogens is 1. The van der Waals surface area contributed by atoms with Crippen LogP contribution in [0, 0.1) is 0 Å². The molecule has 0 aliphatic rings. The number of hydrogen-bond acceptors (Lipinski definition) is 4. The van der Waals surface area contributed by atoms with Crippen molar-refractivity contribution in [3.8, 4) is 0 Å². The summed E-state index contributed by atoms with van der Waals surface area (Å²) in [5.74, 6) is -0.410. The fourth-order valence-corrected chi connectivity index (χ4v) is 1.96. The van der Waals surface area contributed by atoms with Crippen LogP contribution in [-0.4, -0.2) is 25.5 Å². The maximum atomic E-state index is 11.9. The highest BCUT2D eigenvalue weighted by Gasteiger charge is 2.12. The monoisotopic (exact) mass is 363 g/mol. The molecule has 0 fully saturated rings. The molecule has 1 aromatic heterocycles. The summed E-state index contributed by atoms with van der Waals surface area (Å²) < 4.78 is 10.7. The van der Waals surface area contributed by atoms with Gasteiger partial charge in [-0.05, 0) is 46.3 Å². The molecule has 114 valence electrons. The summed E-state index contributed by atoms with van der Waals surface area (Å²) in [5.41, 5.74) is 0.736. The molecule has 0 aliphatic carbocycles. The number of carbonyl (C=O) groups is 2. The van der Waals surface area contributed by atoms with Crippen molar-refractivity contribution < 1.29 is 18.7 Å². The van der Waals surface area contributed by atoms with Crippen molar-refractivity contribution >= 4 is 39.6 Å². The third-order valence-electron chi connectivity index (χ3n) is 2.83. The largest absolute Gasteiger partial charge is 0.452 e. The molecule has 2 aromatic rings. The Bertz CT molecular complexity index is 678. The quantitative estimate of drug-likeness (QED) is 0.604. The summed E-state index contributed by atoms with van der Waals surface area (Å²) in [6.07, 6.45) is 2.68. The topological polar surface area (TPSA) is 59.8 Å². The van der Waals surface area contributed by atoms with Crippen LogP contribution in [0.2, 0.25) is 0 Å². The second-order valence-corrected chi connectivity index (χ2v) is 5.15. The van der Waals surface area contributed by atoms with E-state index in [1.54, 1.807) is 31.3 Å². The smallest absolute Gasteiger partial charge is 0.331 e. The minimum absolute atomic E-state index is 0.311. The molecule has 0 bridgehead atoms. The van der Waals surface area contributed by atoms with E-state index in [1.165, 1.54) is 17.1 Å². The van der Waals surface area contributed by atoms with Gasteiger partial charge in [0.25, 0.3) is 5.91 Å². The van der Waals surface area contributed by atoms with E-state index in [2.05, 4.69) is 15.9 Å². The Labute approximate surface area is 136 Å². The molecule has 0 saturated heterocycles. The number of nitrogens with zero attached hydrogens (tertiary/aromatic N) is 1. The maximum absolute atomic E-state index is 11.9. The number of furan rings is 1. The Kier molecular flexibility index (Phi) is 5.55. The van der Waals surface area contributed by atoms with Crippen LogP contribution in [0.1, 0.15) is 5.76 Å². The summed E-state index contributed by atoms with van der Waals surface area (Å²) in [5, 5.41) is 0. The molecule has 0 atom stereocenters. The van der Waals surface area contributed by atoms with E-state index in [-0.39, 0.29) is 12.5 Å². The Morgan fingerprint density at radius 3 is 2.59 bits per heavy atom. The van der Waals surface area contributed by atoms with Crippen LogP contribution in [0.25, 0.3) is 6.08 Å². The lowest BCUT2D eigenvalue weighted by Gasteiger charge is -2.16. The lowest BCUT2D eigenvalue weighted by molar-refractivity contribution is -0.142. The summed E-state index contributed by atoms with van der Waals surface area (Å²) in [6, 6.07) is 12.5. The predicted molar refractivity (Wildman–Crippen MR) is 86.3 cm³/mol. The normalized spacial score (nSPS) is 10.6. The molecule has 5 nitrogen and oxygen atoms in total. The van der Waals surface area contributed by atoms with E-state index in [0.717, 1.165) is 5.69 Å². The van der Waals surface area contributed by atoms with Crippen molar-refractivity contribution in [2.24, 2.45) is 0 Å². The first-order valence-corrected chi connectivity index (χ1v) is 7.27. The van der Waals surface area contributed by atoms with Crippen molar-refractivity contribution in [2.45, 2.75) is 0 Å². The number of ether oxygens (including phenoxy) is 1. The Morgan fingerprint density at radius 2 is 1.95 bits per heavy atom. The minimum atomic E-state index is -0.609. The third-order valence-corrected chi connectivity index (χ3v) is 3.26. The van der Waals surface area contributed by atoms with E-state index in [9.17, 15) is 9.59 Å². The number of carbonyl (C=O) groups excluding carboxylic acids is 2. The van der Waals surface area contributed by atoms with Crippen molar-refractivity contribution in [3.63, 3.8) is 0 Å². The van der Waals surface area contributed by atoms with Gasteiger partial charge < -0.3 is 14.1 Å². The molecule has 1 amide bonds. The van der Waals surface area contributed by atoms with E-state index in [4.69, 9.17) is 9.15 Å². The number of para-hydroxylation sites is 1. The molecule has 0 radical (unpaired) electrons. The van der Waals surface area contributed by atoms with Gasteiger partial charge in [-0.3, -0.25) is 4.79 Å². The van der Waals surface area contributed by atoms with Crippen LogP contribution in [0.3, 0.4) is 0 Å². The fraction of sp³-hybridized carbons (Fsp3) is 0.125. The van der Waals surface area contributed by atoms with Crippen molar-refractivity contribution in [1.82, 2.24) is 0 Å². The minimum Gasteiger partial charge on any atom is -0.452 e. The first kappa shape index (κ1) is 16.0. The first-order valence-electron chi connectivity index (χ1n) is 6.48. The number of amides is 1. The lowest BCUT2D eigenvalue weighted by Crippen LogP contribution is -2.30. The molecular weight excluding hydrogens is 350 g/mol. The number of benzene rings is 1. The van der Waals surface area contributed by atoms with Crippen LogP contribution in [0.4, 0.5) is 5.69 Å². The van der Waals surface area contributed by atoms with Gasteiger partial charge in [-0.1, -0.05) is 18.2 Å². The molecular formula is C16H14BrNO4. The Balaban J connectivity index is 1.83. The number of hydrogen-bond donors (Lipinski definition) is 0. The predicted octanol–water partition coefficient (Wildman–Crippen LogP) is 3.26. The van der Waals surface area contributed by atoms with Crippen molar-refractivity contribution in [2.75, 3.05) is 18.6 Å².